The van der Waals surface area contributed by atoms with Gasteiger partial charge < -0.3 is 14.6 Å². The maximum atomic E-state index is 12.9. The van der Waals surface area contributed by atoms with Crippen molar-refractivity contribution in [1.82, 2.24) is 4.98 Å². The summed E-state index contributed by atoms with van der Waals surface area (Å²) in [7, 11) is 0. The Morgan fingerprint density at radius 3 is 2.53 bits per heavy atom. The van der Waals surface area contributed by atoms with E-state index in [1.54, 1.807) is 30.3 Å². The van der Waals surface area contributed by atoms with Gasteiger partial charge in [0.2, 0.25) is 5.89 Å². The summed E-state index contributed by atoms with van der Waals surface area (Å²) >= 11 is 3.41. The van der Waals surface area contributed by atoms with E-state index in [0.29, 0.717) is 28.4 Å². The first kappa shape index (κ1) is 22.1. The number of fused-ring (bicyclic) bond motifs is 1. The van der Waals surface area contributed by atoms with Crippen molar-refractivity contribution in [3.05, 3.63) is 80.8 Å². The van der Waals surface area contributed by atoms with Gasteiger partial charge in [0, 0.05) is 40.4 Å². The number of nitrogens with zero attached hydrogens (tertiary/aromatic N) is 3. The highest BCUT2D eigenvalue weighted by molar-refractivity contribution is 9.10. The molecule has 0 bridgehead atoms. The van der Waals surface area contributed by atoms with Crippen LogP contribution >= 0.6 is 15.9 Å². The number of halogens is 1. The minimum Gasteiger partial charge on any atom is -0.436 e. The number of anilines is 2. The Kier molecular flexibility index (Phi) is 6.02. The molecule has 0 spiro atoms. The highest BCUT2D eigenvalue weighted by atomic mass is 79.9. The summed E-state index contributed by atoms with van der Waals surface area (Å²) in [5.41, 5.74) is 3.29. The fourth-order valence-electron chi connectivity index (χ4n) is 4.14. The van der Waals surface area contributed by atoms with E-state index in [0.717, 1.165) is 42.4 Å². The minimum atomic E-state index is -0.427. The van der Waals surface area contributed by atoms with Crippen LogP contribution in [0.4, 0.5) is 17.1 Å². The Morgan fingerprint density at radius 2 is 1.79 bits per heavy atom. The number of carbonyl (C=O) groups excluding carboxylic acids is 1. The molecule has 3 aromatic carbocycles. The lowest BCUT2D eigenvalue weighted by Gasteiger charge is -2.28. The quantitative estimate of drug-likeness (QED) is 0.241. The van der Waals surface area contributed by atoms with Crippen molar-refractivity contribution < 1.29 is 14.1 Å². The Bertz CT molecular complexity index is 1380. The van der Waals surface area contributed by atoms with Crippen molar-refractivity contribution in [3.8, 4) is 11.5 Å². The summed E-state index contributed by atoms with van der Waals surface area (Å²) in [6.45, 7) is 1.57. The molecule has 0 atom stereocenters. The normalized spacial score (nSPS) is 13.7. The molecule has 9 heteroatoms. The first-order valence-electron chi connectivity index (χ1n) is 11.0. The fourth-order valence-corrected chi connectivity index (χ4v) is 4.40. The average Bonchev–Trinajstić information content (AvgIpc) is 3.28. The molecule has 1 fully saturated rings. The van der Waals surface area contributed by atoms with Crippen molar-refractivity contribution in [2.45, 2.75) is 19.3 Å². The average molecular weight is 521 g/mol. The van der Waals surface area contributed by atoms with Crippen molar-refractivity contribution in [2.75, 3.05) is 23.3 Å². The minimum absolute atomic E-state index is 0.0550. The molecule has 1 aromatic heterocycles. The van der Waals surface area contributed by atoms with Gasteiger partial charge in [-0.3, -0.25) is 14.9 Å². The van der Waals surface area contributed by atoms with Crippen molar-refractivity contribution in [1.29, 1.82) is 0 Å². The SMILES string of the molecule is O=C(Nc1ccc2oc(-c3ccc(Br)cc3)nc2c1)c1ccc(N2CCCCC2)c([N+](=O)[O-])c1. The predicted molar refractivity (Wildman–Crippen MR) is 134 cm³/mol. The molecule has 1 amide bonds. The van der Waals surface area contributed by atoms with Crippen molar-refractivity contribution >= 4 is 50.0 Å². The molecule has 0 radical (unpaired) electrons. The molecule has 0 unspecified atom stereocenters. The van der Waals surface area contributed by atoms with Gasteiger partial charge in [-0.2, -0.15) is 0 Å². The lowest BCUT2D eigenvalue weighted by atomic mass is 10.1. The third-order valence-electron chi connectivity index (χ3n) is 5.87. The van der Waals surface area contributed by atoms with E-state index in [2.05, 4.69) is 26.2 Å². The monoisotopic (exact) mass is 520 g/mol. The van der Waals surface area contributed by atoms with Gasteiger partial charge in [-0.25, -0.2) is 4.98 Å². The Morgan fingerprint density at radius 1 is 1.03 bits per heavy atom. The number of carbonyl (C=O) groups is 1. The van der Waals surface area contributed by atoms with Crippen LogP contribution in [-0.2, 0) is 0 Å². The molecule has 1 N–H and O–H groups in total. The summed E-state index contributed by atoms with van der Waals surface area (Å²) in [6.07, 6.45) is 3.15. The van der Waals surface area contributed by atoms with Crippen LogP contribution in [0.2, 0.25) is 0 Å². The number of oxazole rings is 1. The number of hydrogen-bond acceptors (Lipinski definition) is 6. The second-order valence-corrected chi connectivity index (χ2v) is 9.09. The topological polar surface area (TPSA) is 102 Å². The van der Waals surface area contributed by atoms with Gasteiger partial charge in [-0.1, -0.05) is 15.9 Å². The largest absolute Gasteiger partial charge is 0.436 e. The first-order chi connectivity index (χ1) is 16.5. The number of amides is 1. The van der Waals surface area contributed by atoms with Crippen LogP contribution in [0, 0.1) is 10.1 Å². The molecular formula is C25H21BrN4O4. The molecule has 8 nitrogen and oxygen atoms in total. The number of rotatable bonds is 5. The first-order valence-corrected chi connectivity index (χ1v) is 11.8. The zero-order valence-electron chi connectivity index (χ0n) is 18.2. The van der Waals surface area contributed by atoms with Gasteiger partial charge in [0.25, 0.3) is 11.6 Å². The van der Waals surface area contributed by atoms with Gasteiger partial charge in [-0.15, -0.1) is 0 Å². The van der Waals surface area contributed by atoms with Crippen molar-refractivity contribution in [2.24, 2.45) is 0 Å². The standard InChI is InChI=1S/C25H21BrN4O4/c26-18-7-4-16(5-8-18)25-28-20-15-19(9-11-23(20)34-25)27-24(31)17-6-10-21(22(14-17)30(32)33)29-12-2-1-3-13-29/h4-11,14-15H,1-3,12-13H2,(H,27,31). The molecule has 1 aliphatic heterocycles. The van der Waals surface area contributed by atoms with Crippen LogP contribution in [0.1, 0.15) is 29.6 Å². The van der Waals surface area contributed by atoms with Crippen LogP contribution in [-0.4, -0.2) is 28.9 Å². The molecular weight excluding hydrogens is 500 g/mol. The van der Waals surface area contributed by atoms with E-state index in [1.165, 1.54) is 6.07 Å². The Balaban J connectivity index is 1.38. The summed E-state index contributed by atoms with van der Waals surface area (Å²) < 4.78 is 6.79. The third-order valence-corrected chi connectivity index (χ3v) is 6.40. The van der Waals surface area contributed by atoms with Crippen LogP contribution in [0.15, 0.2) is 69.6 Å². The summed E-state index contributed by atoms with van der Waals surface area (Å²) in [5, 5.41) is 14.5. The van der Waals surface area contributed by atoms with Crippen LogP contribution in [0.3, 0.4) is 0 Å². The van der Waals surface area contributed by atoms with Gasteiger partial charge in [0.05, 0.1) is 4.92 Å². The molecule has 4 aromatic rings. The van der Waals surface area contributed by atoms with Crippen LogP contribution in [0.25, 0.3) is 22.6 Å². The van der Waals surface area contributed by atoms with Gasteiger partial charge in [0.15, 0.2) is 5.58 Å². The zero-order chi connectivity index (χ0) is 23.7. The van der Waals surface area contributed by atoms with Crippen LogP contribution in [0.5, 0.6) is 0 Å². The fraction of sp³-hybridized carbons (Fsp3) is 0.200. The third kappa shape index (κ3) is 4.51. The number of nitrogens with one attached hydrogen (secondary N) is 1. The lowest BCUT2D eigenvalue weighted by Crippen LogP contribution is -2.30. The lowest BCUT2D eigenvalue weighted by molar-refractivity contribution is -0.384. The van der Waals surface area contributed by atoms with Gasteiger partial charge >= 0.3 is 0 Å². The number of benzene rings is 3. The predicted octanol–water partition coefficient (Wildman–Crippen LogP) is 6.41. The van der Waals surface area contributed by atoms with Crippen LogP contribution < -0.4 is 10.2 Å². The second-order valence-electron chi connectivity index (χ2n) is 8.17. The highest BCUT2D eigenvalue weighted by Gasteiger charge is 2.23. The molecule has 1 aliphatic rings. The second kappa shape index (κ2) is 9.26. The maximum Gasteiger partial charge on any atom is 0.293 e. The molecule has 1 saturated heterocycles. The molecule has 2 heterocycles. The van der Waals surface area contributed by atoms with E-state index < -0.39 is 10.8 Å². The number of hydrogen-bond donors (Lipinski definition) is 1. The smallest absolute Gasteiger partial charge is 0.293 e. The summed E-state index contributed by atoms with van der Waals surface area (Å²) in [5.74, 6) is 0.0548. The van der Waals surface area contributed by atoms with E-state index in [-0.39, 0.29) is 11.3 Å². The molecule has 5 rings (SSSR count). The zero-order valence-corrected chi connectivity index (χ0v) is 19.7. The van der Waals surface area contributed by atoms with Gasteiger partial charge in [-0.05, 0) is 73.9 Å². The van der Waals surface area contributed by atoms with E-state index in [9.17, 15) is 14.9 Å². The summed E-state index contributed by atoms with van der Waals surface area (Å²) in [4.78, 5) is 30.7. The van der Waals surface area contributed by atoms with Crippen molar-refractivity contribution in [3.63, 3.8) is 0 Å². The number of nitro benzene ring substituents is 1. The molecule has 0 saturated carbocycles. The molecule has 34 heavy (non-hydrogen) atoms. The van der Waals surface area contributed by atoms with E-state index in [1.807, 2.05) is 29.2 Å². The summed E-state index contributed by atoms with van der Waals surface area (Å²) in [6, 6.07) is 17.4. The Labute approximate surface area is 203 Å². The van der Waals surface area contributed by atoms with E-state index in [4.69, 9.17) is 4.42 Å². The van der Waals surface area contributed by atoms with E-state index >= 15 is 0 Å². The molecule has 172 valence electrons. The number of nitro groups is 1. The van der Waals surface area contributed by atoms with Gasteiger partial charge in [0.1, 0.15) is 11.2 Å². The highest BCUT2D eigenvalue weighted by Crippen LogP contribution is 2.32. The maximum absolute atomic E-state index is 12.9. The Hall–Kier alpha value is -3.72. The number of piperidine rings is 1. The number of aromatic nitrogens is 1. The molecule has 0 aliphatic carbocycles.